The molecule has 0 spiro atoms. The molecule has 1 saturated heterocycles. The van der Waals surface area contributed by atoms with E-state index in [4.69, 9.17) is 9.47 Å². The molecule has 0 bridgehead atoms. The number of nitrogens with zero attached hydrogens (tertiary/aromatic N) is 5. The number of nitro benzene ring substituents is 1. The second-order valence-electron chi connectivity index (χ2n) is 14.6. The summed E-state index contributed by atoms with van der Waals surface area (Å²) < 4.78 is 11.9. The number of amides is 4. The lowest BCUT2D eigenvalue weighted by molar-refractivity contribution is -0.384. The molecule has 2 rings (SSSR count). The van der Waals surface area contributed by atoms with Crippen molar-refractivity contribution in [2.45, 2.75) is 97.1 Å². The number of methoxy groups -OCH3 is 2. The molecule has 1 aliphatic heterocycles. The van der Waals surface area contributed by atoms with Gasteiger partial charge >= 0.3 is 0 Å². The van der Waals surface area contributed by atoms with E-state index in [9.17, 15) is 29.3 Å². The molecule has 1 fully saturated rings. The molecule has 14 nitrogen and oxygen atoms in total. The third kappa shape index (κ3) is 12.0. The van der Waals surface area contributed by atoms with Crippen LogP contribution >= 0.6 is 0 Å². The zero-order valence-electron chi connectivity index (χ0n) is 32.6. The van der Waals surface area contributed by atoms with Gasteiger partial charge in [-0.1, -0.05) is 53.2 Å². The maximum absolute atomic E-state index is 14.1. The van der Waals surface area contributed by atoms with Gasteiger partial charge in [-0.2, -0.15) is 0 Å². The van der Waals surface area contributed by atoms with E-state index in [0.717, 1.165) is 18.4 Å². The van der Waals surface area contributed by atoms with Crippen molar-refractivity contribution in [1.82, 2.24) is 24.9 Å². The van der Waals surface area contributed by atoms with Gasteiger partial charge in [-0.05, 0) is 50.8 Å². The SMILES string of the molecule is CC[C@H](C)[C@@H]([C@@H](CC(=O)N1CCC[C@H]1[C@H](OC)[C@@H](C)C(=O)N(C)CCc1cccc([N+](=O)[O-])c1)OC)N(C)C(=O)[C@@H](NC(=O)CN(C)C)C(C)C. The summed E-state index contributed by atoms with van der Waals surface area (Å²) in [6, 6.07) is 4.87. The Balaban J connectivity index is 2.21. The van der Waals surface area contributed by atoms with Crippen molar-refractivity contribution in [2.75, 3.05) is 62.0 Å². The van der Waals surface area contributed by atoms with Crippen LogP contribution in [0.2, 0.25) is 0 Å². The van der Waals surface area contributed by atoms with E-state index in [0.29, 0.717) is 25.9 Å². The molecule has 0 aliphatic carbocycles. The highest BCUT2D eigenvalue weighted by Crippen LogP contribution is 2.30. The van der Waals surface area contributed by atoms with E-state index in [2.05, 4.69) is 5.32 Å². The standard InChI is InChI=1S/C37H62N6O8/c1-12-25(4)34(41(9)37(47)33(24(2)3)38-31(44)23-39(6)7)30(50-10)22-32(45)42-19-14-17-29(42)35(51-11)26(5)36(46)40(8)20-18-27-15-13-16-28(21-27)43(48)49/h13,15-16,21,24-26,29-30,33-35H,12,14,17-20,22-23H2,1-11H3,(H,38,44)/t25-,26+,29-,30+,33-,34-,35+/m0/s1. The zero-order chi connectivity index (χ0) is 38.6. The van der Waals surface area contributed by atoms with Crippen molar-refractivity contribution in [1.29, 1.82) is 0 Å². The fourth-order valence-corrected chi connectivity index (χ4v) is 7.12. The first-order valence-corrected chi connectivity index (χ1v) is 18.0. The monoisotopic (exact) mass is 718 g/mol. The van der Waals surface area contributed by atoms with Crippen molar-refractivity contribution in [3.8, 4) is 0 Å². The van der Waals surface area contributed by atoms with Crippen LogP contribution in [0.25, 0.3) is 0 Å². The van der Waals surface area contributed by atoms with Crippen molar-refractivity contribution >= 4 is 29.3 Å². The summed E-state index contributed by atoms with van der Waals surface area (Å²) in [5, 5.41) is 14.1. The molecule has 1 aliphatic rings. The first-order valence-electron chi connectivity index (χ1n) is 18.0. The van der Waals surface area contributed by atoms with Crippen LogP contribution in [0.4, 0.5) is 5.69 Å². The average molecular weight is 719 g/mol. The Kier molecular flexibility index (Phi) is 17.4. The van der Waals surface area contributed by atoms with Gasteiger partial charge in [-0.3, -0.25) is 29.3 Å². The van der Waals surface area contributed by atoms with E-state index < -0.39 is 35.1 Å². The molecule has 288 valence electrons. The highest BCUT2D eigenvalue weighted by Gasteiger charge is 2.43. The smallest absolute Gasteiger partial charge is 0.269 e. The second-order valence-corrected chi connectivity index (χ2v) is 14.6. The van der Waals surface area contributed by atoms with Crippen LogP contribution in [-0.2, 0) is 35.1 Å². The lowest BCUT2D eigenvalue weighted by Crippen LogP contribution is -2.58. The number of ether oxygens (including phenoxy) is 2. The molecular weight excluding hydrogens is 656 g/mol. The van der Waals surface area contributed by atoms with Crippen LogP contribution in [0.5, 0.6) is 0 Å². The summed E-state index contributed by atoms with van der Waals surface area (Å²) in [6.07, 6.45) is 1.48. The summed E-state index contributed by atoms with van der Waals surface area (Å²) in [5.41, 5.74) is 0.769. The van der Waals surface area contributed by atoms with Gasteiger partial charge in [0.2, 0.25) is 23.6 Å². The van der Waals surface area contributed by atoms with Crippen LogP contribution in [0, 0.1) is 27.9 Å². The Morgan fingerprint density at radius 1 is 1.04 bits per heavy atom. The fraction of sp³-hybridized carbons (Fsp3) is 0.730. The molecular formula is C37H62N6O8. The molecule has 14 heteroatoms. The third-order valence-electron chi connectivity index (χ3n) is 10.2. The predicted molar refractivity (Wildman–Crippen MR) is 196 cm³/mol. The Morgan fingerprint density at radius 3 is 2.25 bits per heavy atom. The topological polar surface area (TPSA) is 155 Å². The molecule has 1 aromatic rings. The number of likely N-dealkylation sites (tertiary alicyclic amines) is 1. The van der Waals surface area contributed by atoms with Gasteiger partial charge in [0.25, 0.3) is 5.69 Å². The number of non-ortho nitro benzene ring substituents is 1. The number of hydrogen-bond acceptors (Lipinski definition) is 9. The zero-order valence-corrected chi connectivity index (χ0v) is 32.6. The average Bonchev–Trinajstić information content (AvgIpc) is 3.57. The number of nitro groups is 1. The van der Waals surface area contributed by atoms with E-state index in [1.54, 1.807) is 81.1 Å². The maximum atomic E-state index is 14.1. The molecule has 51 heavy (non-hydrogen) atoms. The number of nitrogens with one attached hydrogen (secondary N) is 1. The molecule has 0 saturated carbocycles. The molecule has 4 amide bonds. The van der Waals surface area contributed by atoms with E-state index in [1.807, 2.05) is 27.7 Å². The van der Waals surface area contributed by atoms with Crippen LogP contribution in [0.15, 0.2) is 24.3 Å². The van der Waals surface area contributed by atoms with Gasteiger partial charge in [-0.25, -0.2) is 0 Å². The largest absolute Gasteiger partial charge is 0.379 e. The summed E-state index contributed by atoms with van der Waals surface area (Å²) in [5.74, 6) is -1.50. The summed E-state index contributed by atoms with van der Waals surface area (Å²) in [4.78, 5) is 71.8. The normalized spacial score (nSPS) is 18.1. The van der Waals surface area contributed by atoms with Gasteiger partial charge in [-0.15, -0.1) is 0 Å². The predicted octanol–water partition coefficient (Wildman–Crippen LogP) is 3.22. The van der Waals surface area contributed by atoms with Crippen LogP contribution in [0.1, 0.15) is 65.9 Å². The lowest BCUT2D eigenvalue weighted by Gasteiger charge is -2.41. The number of hydrogen-bond donors (Lipinski definition) is 1. The first kappa shape index (κ1) is 43.5. The molecule has 1 heterocycles. The number of benzene rings is 1. The summed E-state index contributed by atoms with van der Waals surface area (Å²) >= 11 is 0. The van der Waals surface area contributed by atoms with Crippen molar-refractivity contribution in [3.63, 3.8) is 0 Å². The fourth-order valence-electron chi connectivity index (χ4n) is 7.12. The third-order valence-corrected chi connectivity index (χ3v) is 10.2. The van der Waals surface area contributed by atoms with Crippen molar-refractivity contribution < 1.29 is 33.6 Å². The Hall–Kier alpha value is -3.62. The number of rotatable bonds is 20. The van der Waals surface area contributed by atoms with Gasteiger partial charge in [0, 0.05) is 53.5 Å². The highest BCUT2D eigenvalue weighted by atomic mass is 16.6. The second kappa shape index (κ2) is 20.4. The van der Waals surface area contributed by atoms with E-state index in [-0.39, 0.29) is 60.2 Å². The summed E-state index contributed by atoms with van der Waals surface area (Å²) in [7, 11) is 10.1. The quantitative estimate of drug-likeness (QED) is 0.158. The van der Waals surface area contributed by atoms with Crippen LogP contribution in [0.3, 0.4) is 0 Å². The summed E-state index contributed by atoms with van der Waals surface area (Å²) in [6.45, 7) is 10.7. The van der Waals surface area contributed by atoms with E-state index in [1.165, 1.54) is 12.1 Å². The molecule has 0 unspecified atom stereocenters. The van der Waals surface area contributed by atoms with Crippen LogP contribution < -0.4 is 5.32 Å². The van der Waals surface area contributed by atoms with Gasteiger partial charge in [0.15, 0.2) is 0 Å². The first-order chi connectivity index (χ1) is 24.0. The Morgan fingerprint density at radius 2 is 1.71 bits per heavy atom. The number of carbonyl (C=O) groups is 4. The molecule has 0 aromatic heterocycles. The van der Waals surface area contributed by atoms with Crippen molar-refractivity contribution in [2.24, 2.45) is 17.8 Å². The molecule has 1 aromatic carbocycles. The lowest BCUT2D eigenvalue weighted by atomic mass is 9.89. The minimum atomic E-state index is -0.740. The van der Waals surface area contributed by atoms with E-state index >= 15 is 0 Å². The molecule has 0 radical (unpaired) electrons. The molecule has 7 atom stereocenters. The van der Waals surface area contributed by atoms with Crippen LogP contribution in [-0.4, -0.2) is 141 Å². The van der Waals surface area contributed by atoms with Gasteiger partial charge in [0.1, 0.15) is 6.04 Å². The minimum Gasteiger partial charge on any atom is -0.379 e. The van der Waals surface area contributed by atoms with Crippen molar-refractivity contribution in [3.05, 3.63) is 39.9 Å². The van der Waals surface area contributed by atoms with Gasteiger partial charge in [0.05, 0.1) is 48.1 Å². The van der Waals surface area contributed by atoms with Gasteiger partial charge < -0.3 is 34.4 Å². The Bertz CT molecular complexity index is 1330. The number of carbonyl (C=O) groups excluding carboxylic acids is 4. The minimum absolute atomic E-state index is 0.00794. The maximum Gasteiger partial charge on any atom is 0.269 e. The number of likely N-dealkylation sites (N-methyl/N-ethyl adjacent to an activating group) is 3. The Labute approximate surface area is 304 Å². The molecule has 1 N–H and O–H groups in total. The highest BCUT2D eigenvalue weighted by molar-refractivity contribution is 5.88.